The molecule has 0 aliphatic carbocycles. The quantitative estimate of drug-likeness (QED) is 0.676. The molecule has 0 saturated heterocycles. The predicted octanol–water partition coefficient (Wildman–Crippen LogP) is 4.37. The highest BCUT2D eigenvalue weighted by Gasteiger charge is 2.31. The number of nitrogens with two attached hydrogens (primary N) is 1. The lowest BCUT2D eigenvalue weighted by Crippen LogP contribution is -2.32. The fourth-order valence-corrected chi connectivity index (χ4v) is 3.57. The van der Waals surface area contributed by atoms with E-state index in [1.165, 1.54) is 4.90 Å². The molecule has 3 aromatic carbocycles. The van der Waals surface area contributed by atoms with Gasteiger partial charge in [0.05, 0.1) is 24.0 Å². The number of carbonyl (C=O) groups excluding carboxylic acids is 2. The molecular weight excluding hydrogens is 368 g/mol. The van der Waals surface area contributed by atoms with Crippen molar-refractivity contribution in [3.05, 3.63) is 89.5 Å². The van der Waals surface area contributed by atoms with Crippen LogP contribution in [-0.4, -0.2) is 19.1 Å². The molecule has 4 rings (SSSR count). The highest BCUT2D eigenvalue weighted by Crippen LogP contribution is 2.41. The Morgan fingerprint density at radius 2 is 1.59 bits per heavy atom. The summed E-state index contributed by atoms with van der Waals surface area (Å²) in [7, 11) is 1.57. The van der Waals surface area contributed by atoms with Crippen molar-refractivity contribution in [3.63, 3.8) is 0 Å². The van der Waals surface area contributed by atoms with Gasteiger partial charge in [0.2, 0.25) is 0 Å². The molecule has 2 amide bonds. The maximum absolute atomic E-state index is 12.8. The molecule has 0 saturated carbocycles. The van der Waals surface area contributed by atoms with E-state index in [-0.39, 0.29) is 0 Å². The van der Waals surface area contributed by atoms with E-state index in [1.807, 2.05) is 42.5 Å². The van der Waals surface area contributed by atoms with E-state index in [0.29, 0.717) is 29.1 Å². The largest absolute Gasteiger partial charge is 0.497 e. The predicted molar refractivity (Wildman–Crippen MR) is 109 cm³/mol. The summed E-state index contributed by atoms with van der Waals surface area (Å²) in [5.74, 6) is 0.213. The van der Waals surface area contributed by atoms with Crippen molar-refractivity contribution in [1.29, 1.82) is 0 Å². The van der Waals surface area contributed by atoms with Crippen molar-refractivity contribution in [1.82, 2.24) is 0 Å². The minimum atomic E-state index is -0.591. The summed E-state index contributed by atoms with van der Waals surface area (Å²) in [6.07, 6.45) is -0.134. The van der Waals surface area contributed by atoms with Crippen LogP contribution in [0.2, 0.25) is 0 Å². The lowest BCUT2D eigenvalue weighted by atomic mass is 10.0. The number of methoxy groups -OCH3 is 1. The Kier molecular flexibility index (Phi) is 4.91. The van der Waals surface area contributed by atoms with Gasteiger partial charge >= 0.3 is 12.0 Å². The Morgan fingerprint density at radius 3 is 2.28 bits per heavy atom. The molecule has 6 nitrogen and oxygen atoms in total. The highest BCUT2D eigenvalue weighted by molar-refractivity contribution is 6.00. The van der Waals surface area contributed by atoms with Crippen molar-refractivity contribution in [3.8, 4) is 5.75 Å². The van der Waals surface area contributed by atoms with Crippen LogP contribution in [0.1, 0.15) is 27.6 Å². The molecule has 2 N–H and O–H groups in total. The molecule has 29 heavy (non-hydrogen) atoms. The standard InChI is InChI=1S/C23H20N2O4/c1-28-17-12-10-15(11-13-17)22(26)29-21-14-16-6-2-4-8-19(16)25(23(24)27)20-9-5-3-7-18(20)21/h2-13,21H,14H2,1H3,(H2,24,27). The normalized spacial score (nSPS) is 14.9. The first-order valence-corrected chi connectivity index (χ1v) is 9.20. The Balaban J connectivity index is 1.74. The zero-order valence-electron chi connectivity index (χ0n) is 15.9. The van der Waals surface area contributed by atoms with Gasteiger partial charge in [-0.15, -0.1) is 0 Å². The summed E-state index contributed by atoms with van der Waals surface area (Å²) in [5, 5.41) is 0. The third kappa shape index (κ3) is 3.52. The second-order valence-corrected chi connectivity index (χ2v) is 6.69. The Bertz CT molecular complexity index is 1060. The molecule has 1 unspecified atom stereocenters. The molecule has 146 valence electrons. The first kappa shape index (κ1) is 18.6. The van der Waals surface area contributed by atoms with E-state index in [9.17, 15) is 9.59 Å². The molecule has 0 bridgehead atoms. The summed E-state index contributed by atoms with van der Waals surface area (Å²) in [5.41, 5.74) is 9.02. The van der Waals surface area contributed by atoms with Gasteiger partial charge in [0.15, 0.2) is 0 Å². The van der Waals surface area contributed by atoms with Crippen molar-refractivity contribution >= 4 is 23.4 Å². The van der Waals surface area contributed by atoms with Crippen LogP contribution in [0.4, 0.5) is 16.2 Å². The number of urea groups is 1. The second kappa shape index (κ2) is 7.67. The summed E-state index contributed by atoms with van der Waals surface area (Å²) in [6, 6.07) is 21.0. The van der Waals surface area contributed by atoms with Crippen LogP contribution in [0.3, 0.4) is 0 Å². The van der Waals surface area contributed by atoms with Gasteiger partial charge < -0.3 is 15.2 Å². The third-order valence-corrected chi connectivity index (χ3v) is 4.96. The number of nitrogens with zero attached hydrogens (tertiary/aromatic N) is 1. The van der Waals surface area contributed by atoms with Crippen molar-refractivity contribution in [2.24, 2.45) is 5.73 Å². The number of benzene rings is 3. The maximum Gasteiger partial charge on any atom is 0.338 e. The lowest BCUT2D eigenvalue weighted by Gasteiger charge is -2.23. The van der Waals surface area contributed by atoms with Crippen LogP contribution < -0.4 is 15.4 Å². The number of amides is 2. The fraction of sp³-hybridized carbons (Fsp3) is 0.130. The lowest BCUT2D eigenvalue weighted by molar-refractivity contribution is 0.0300. The van der Waals surface area contributed by atoms with Crippen LogP contribution in [-0.2, 0) is 11.2 Å². The van der Waals surface area contributed by atoms with Crippen molar-refractivity contribution in [2.45, 2.75) is 12.5 Å². The van der Waals surface area contributed by atoms with E-state index in [2.05, 4.69) is 0 Å². The van der Waals surface area contributed by atoms with Gasteiger partial charge in [0, 0.05) is 12.0 Å². The number of carbonyl (C=O) groups is 2. The van der Waals surface area contributed by atoms with Crippen LogP contribution in [0.25, 0.3) is 0 Å². The molecule has 6 heteroatoms. The Labute approximate surface area is 168 Å². The number of primary amides is 1. The molecule has 1 aliphatic heterocycles. The van der Waals surface area contributed by atoms with Gasteiger partial charge in [-0.25, -0.2) is 9.59 Å². The smallest absolute Gasteiger partial charge is 0.338 e. The zero-order valence-corrected chi connectivity index (χ0v) is 15.9. The number of esters is 1. The molecule has 1 heterocycles. The molecule has 0 aromatic heterocycles. The molecule has 1 aliphatic rings. The summed E-state index contributed by atoms with van der Waals surface area (Å²) in [4.78, 5) is 26.5. The van der Waals surface area contributed by atoms with Gasteiger partial charge in [0.25, 0.3) is 0 Å². The number of fused-ring (bicyclic) bond motifs is 2. The number of anilines is 2. The number of ether oxygens (including phenoxy) is 2. The highest BCUT2D eigenvalue weighted by atomic mass is 16.5. The summed E-state index contributed by atoms with van der Waals surface area (Å²) >= 11 is 0. The summed E-state index contributed by atoms with van der Waals surface area (Å²) < 4.78 is 11.0. The molecule has 3 aromatic rings. The topological polar surface area (TPSA) is 81.9 Å². The number of para-hydroxylation sites is 2. The van der Waals surface area contributed by atoms with E-state index in [1.54, 1.807) is 37.4 Å². The molecule has 0 radical (unpaired) electrons. The van der Waals surface area contributed by atoms with Gasteiger partial charge in [0.1, 0.15) is 11.9 Å². The average molecular weight is 388 g/mol. The third-order valence-electron chi connectivity index (χ3n) is 4.96. The van der Waals surface area contributed by atoms with E-state index in [4.69, 9.17) is 15.2 Å². The van der Waals surface area contributed by atoms with E-state index >= 15 is 0 Å². The molecule has 0 fully saturated rings. The van der Waals surface area contributed by atoms with Gasteiger partial charge in [-0.3, -0.25) is 4.90 Å². The van der Waals surface area contributed by atoms with Gasteiger partial charge in [-0.1, -0.05) is 36.4 Å². The van der Waals surface area contributed by atoms with Crippen molar-refractivity contribution in [2.75, 3.05) is 12.0 Å². The van der Waals surface area contributed by atoms with Crippen LogP contribution in [0.5, 0.6) is 5.75 Å². The second-order valence-electron chi connectivity index (χ2n) is 6.69. The number of rotatable bonds is 3. The molecule has 0 spiro atoms. The van der Waals surface area contributed by atoms with E-state index in [0.717, 1.165) is 11.1 Å². The fourth-order valence-electron chi connectivity index (χ4n) is 3.57. The number of hydrogen-bond donors (Lipinski definition) is 1. The minimum absolute atomic E-state index is 0.424. The SMILES string of the molecule is COc1ccc(C(=O)OC2Cc3ccccc3N(C(N)=O)c3ccccc32)cc1. The van der Waals surface area contributed by atoms with Gasteiger partial charge in [-0.05, 0) is 42.0 Å². The zero-order chi connectivity index (χ0) is 20.4. The Hall–Kier alpha value is -3.80. The minimum Gasteiger partial charge on any atom is -0.497 e. The Morgan fingerprint density at radius 1 is 0.931 bits per heavy atom. The molecule has 1 atom stereocenters. The van der Waals surface area contributed by atoms with Crippen LogP contribution in [0, 0.1) is 0 Å². The monoisotopic (exact) mass is 388 g/mol. The molecular formula is C23H20N2O4. The number of hydrogen-bond acceptors (Lipinski definition) is 4. The van der Waals surface area contributed by atoms with Crippen LogP contribution >= 0.6 is 0 Å². The van der Waals surface area contributed by atoms with Crippen LogP contribution in [0.15, 0.2) is 72.8 Å². The maximum atomic E-state index is 12.8. The first-order chi connectivity index (χ1) is 14.1. The average Bonchev–Trinajstić information content (AvgIpc) is 2.88. The van der Waals surface area contributed by atoms with E-state index < -0.39 is 18.1 Å². The summed E-state index contributed by atoms with van der Waals surface area (Å²) in [6.45, 7) is 0. The first-order valence-electron chi connectivity index (χ1n) is 9.20. The van der Waals surface area contributed by atoms with Gasteiger partial charge in [-0.2, -0.15) is 0 Å². The van der Waals surface area contributed by atoms with Crippen molar-refractivity contribution < 1.29 is 19.1 Å².